The average molecular weight is 374 g/mol. The number of sulfonamides is 1. The molecular formula is C15H13ClFNO5S. The van der Waals surface area contributed by atoms with Crippen molar-refractivity contribution in [2.24, 2.45) is 5.14 Å². The van der Waals surface area contributed by atoms with Crippen LogP contribution in [-0.2, 0) is 21.4 Å². The van der Waals surface area contributed by atoms with E-state index in [0.29, 0.717) is 0 Å². The fourth-order valence-corrected chi connectivity index (χ4v) is 2.86. The molecule has 2 aromatic rings. The highest BCUT2D eigenvalue weighted by molar-refractivity contribution is 7.89. The molecule has 6 nitrogen and oxygen atoms in total. The second-order valence-corrected chi connectivity index (χ2v) is 6.62. The minimum atomic E-state index is -4.10. The van der Waals surface area contributed by atoms with Gasteiger partial charge in [-0.25, -0.2) is 22.7 Å². The molecule has 0 saturated heterocycles. The van der Waals surface area contributed by atoms with Gasteiger partial charge in [0.1, 0.15) is 23.1 Å². The molecule has 0 amide bonds. The predicted molar refractivity (Wildman–Crippen MR) is 84.9 cm³/mol. The lowest BCUT2D eigenvalue weighted by Crippen LogP contribution is -2.15. The van der Waals surface area contributed by atoms with E-state index in [-0.39, 0.29) is 26.8 Å². The Morgan fingerprint density at radius 2 is 2.00 bits per heavy atom. The molecule has 0 aliphatic rings. The van der Waals surface area contributed by atoms with E-state index in [1.54, 1.807) is 0 Å². The molecule has 2 N–H and O–H groups in total. The molecule has 0 atom stereocenters. The van der Waals surface area contributed by atoms with Crippen molar-refractivity contribution >= 4 is 27.6 Å². The van der Waals surface area contributed by atoms with Crippen molar-refractivity contribution in [1.29, 1.82) is 0 Å². The molecule has 24 heavy (non-hydrogen) atoms. The van der Waals surface area contributed by atoms with Crippen LogP contribution >= 0.6 is 11.6 Å². The van der Waals surface area contributed by atoms with Gasteiger partial charge in [0.2, 0.25) is 10.0 Å². The number of hydrogen-bond acceptors (Lipinski definition) is 5. The highest BCUT2D eigenvalue weighted by atomic mass is 35.5. The van der Waals surface area contributed by atoms with E-state index in [1.807, 2.05) is 0 Å². The summed E-state index contributed by atoms with van der Waals surface area (Å²) in [6.45, 7) is -0.402. The number of primary sulfonamides is 1. The lowest BCUT2D eigenvalue weighted by Gasteiger charge is -2.10. The van der Waals surface area contributed by atoms with Crippen LogP contribution in [0.1, 0.15) is 15.9 Å². The van der Waals surface area contributed by atoms with E-state index in [2.05, 4.69) is 0 Å². The summed E-state index contributed by atoms with van der Waals surface area (Å²) in [6, 6.07) is 7.66. The normalized spacial score (nSPS) is 11.2. The van der Waals surface area contributed by atoms with Crippen molar-refractivity contribution in [3.05, 3.63) is 58.4 Å². The summed E-state index contributed by atoms with van der Waals surface area (Å²) in [7, 11) is -2.83. The topological polar surface area (TPSA) is 95.7 Å². The summed E-state index contributed by atoms with van der Waals surface area (Å²) in [5, 5.41) is 5.19. The molecule has 0 bridgehead atoms. The zero-order valence-corrected chi connectivity index (χ0v) is 14.0. The molecule has 0 fully saturated rings. The van der Waals surface area contributed by atoms with Crippen LogP contribution in [0.25, 0.3) is 0 Å². The first-order valence-electron chi connectivity index (χ1n) is 6.55. The number of nitrogens with two attached hydrogens (primary N) is 1. The fourth-order valence-electron chi connectivity index (χ4n) is 1.92. The minimum Gasteiger partial charge on any atom is -0.495 e. The van der Waals surface area contributed by atoms with Crippen LogP contribution in [0.2, 0.25) is 5.02 Å². The van der Waals surface area contributed by atoms with E-state index in [4.69, 9.17) is 26.2 Å². The number of hydrogen-bond donors (Lipinski definition) is 1. The lowest BCUT2D eigenvalue weighted by molar-refractivity contribution is 0.0469. The smallest absolute Gasteiger partial charge is 0.338 e. The van der Waals surface area contributed by atoms with Gasteiger partial charge in [0.05, 0.1) is 17.7 Å². The van der Waals surface area contributed by atoms with Gasteiger partial charge in [-0.05, 0) is 30.3 Å². The summed E-state index contributed by atoms with van der Waals surface area (Å²) in [4.78, 5) is 11.7. The second kappa shape index (κ2) is 7.16. The van der Waals surface area contributed by atoms with Crippen LogP contribution < -0.4 is 9.88 Å². The third-order valence-corrected chi connectivity index (χ3v) is 4.40. The van der Waals surface area contributed by atoms with Crippen LogP contribution in [0.3, 0.4) is 0 Å². The maximum Gasteiger partial charge on any atom is 0.338 e. The van der Waals surface area contributed by atoms with Crippen molar-refractivity contribution in [1.82, 2.24) is 0 Å². The van der Waals surface area contributed by atoms with E-state index >= 15 is 0 Å². The highest BCUT2D eigenvalue weighted by Crippen LogP contribution is 2.25. The Labute approximate surface area is 143 Å². The van der Waals surface area contributed by atoms with Gasteiger partial charge in [-0.3, -0.25) is 0 Å². The van der Waals surface area contributed by atoms with E-state index in [1.165, 1.54) is 37.4 Å². The third-order valence-electron chi connectivity index (χ3n) is 3.12. The largest absolute Gasteiger partial charge is 0.495 e. The molecule has 0 radical (unpaired) electrons. The van der Waals surface area contributed by atoms with Crippen molar-refractivity contribution < 1.29 is 27.1 Å². The zero-order chi connectivity index (χ0) is 17.9. The standard InChI is InChI=1S/C15H13ClFNO5S/c1-22-13-6-5-9(7-14(13)24(18,20)21)15(19)23-8-10-11(16)3-2-4-12(10)17/h2-7H,8H2,1H3,(H2,18,20,21). The molecule has 0 aliphatic heterocycles. The number of rotatable bonds is 5. The molecule has 0 heterocycles. The molecule has 0 spiro atoms. The monoisotopic (exact) mass is 373 g/mol. The molecule has 9 heteroatoms. The quantitative estimate of drug-likeness (QED) is 0.812. The summed E-state index contributed by atoms with van der Waals surface area (Å²) in [6.07, 6.45) is 0. The van der Waals surface area contributed by atoms with Gasteiger partial charge in [-0.15, -0.1) is 0 Å². The van der Waals surface area contributed by atoms with Gasteiger partial charge in [-0.2, -0.15) is 0 Å². The van der Waals surface area contributed by atoms with Crippen molar-refractivity contribution in [3.8, 4) is 5.75 Å². The molecule has 2 rings (SSSR count). The van der Waals surface area contributed by atoms with Crippen molar-refractivity contribution in [3.63, 3.8) is 0 Å². The van der Waals surface area contributed by atoms with Crippen LogP contribution in [0.15, 0.2) is 41.3 Å². The van der Waals surface area contributed by atoms with Crippen LogP contribution in [0.4, 0.5) is 4.39 Å². The van der Waals surface area contributed by atoms with Gasteiger partial charge in [0, 0.05) is 5.56 Å². The van der Waals surface area contributed by atoms with Crippen LogP contribution in [0, 0.1) is 5.82 Å². The van der Waals surface area contributed by atoms with Crippen molar-refractivity contribution in [2.45, 2.75) is 11.5 Å². The van der Waals surface area contributed by atoms with E-state index in [0.717, 1.165) is 6.07 Å². The molecule has 128 valence electrons. The fraction of sp³-hybridized carbons (Fsp3) is 0.133. The van der Waals surface area contributed by atoms with Crippen molar-refractivity contribution in [2.75, 3.05) is 7.11 Å². The number of carbonyl (C=O) groups is 1. The number of carbonyl (C=O) groups excluding carboxylic acids is 1. The first kappa shape index (κ1) is 18.2. The lowest BCUT2D eigenvalue weighted by atomic mass is 10.2. The average Bonchev–Trinajstić information content (AvgIpc) is 2.52. The van der Waals surface area contributed by atoms with Gasteiger partial charge >= 0.3 is 5.97 Å². The third kappa shape index (κ3) is 4.02. The summed E-state index contributed by atoms with van der Waals surface area (Å²) < 4.78 is 46.6. The first-order valence-corrected chi connectivity index (χ1v) is 8.47. The number of benzene rings is 2. The Bertz CT molecular complexity index is 865. The molecule has 0 aliphatic carbocycles. The highest BCUT2D eigenvalue weighted by Gasteiger charge is 2.19. The predicted octanol–water partition coefficient (Wildman–Crippen LogP) is 2.49. The Hall–Kier alpha value is -2.16. The Morgan fingerprint density at radius 3 is 2.58 bits per heavy atom. The Kier molecular flexibility index (Phi) is 5.43. The molecule has 0 unspecified atom stereocenters. The first-order chi connectivity index (χ1) is 11.2. The van der Waals surface area contributed by atoms with E-state index in [9.17, 15) is 17.6 Å². The van der Waals surface area contributed by atoms with Gasteiger partial charge < -0.3 is 9.47 Å². The summed E-state index contributed by atoms with van der Waals surface area (Å²) in [5.41, 5.74) is -0.0556. The zero-order valence-electron chi connectivity index (χ0n) is 12.5. The number of ether oxygens (including phenoxy) is 2. The SMILES string of the molecule is COc1ccc(C(=O)OCc2c(F)cccc2Cl)cc1S(N)(=O)=O. The van der Waals surface area contributed by atoms with Gasteiger partial charge in [-0.1, -0.05) is 17.7 Å². The van der Waals surface area contributed by atoms with E-state index < -0.39 is 28.4 Å². The Morgan fingerprint density at radius 1 is 1.29 bits per heavy atom. The summed E-state index contributed by atoms with van der Waals surface area (Å²) >= 11 is 5.84. The van der Waals surface area contributed by atoms with Gasteiger partial charge in [0.25, 0.3) is 0 Å². The second-order valence-electron chi connectivity index (χ2n) is 4.69. The maximum atomic E-state index is 13.6. The Balaban J connectivity index is 2.25. The van der Waals surface area contributed by atoms with Crippen LogP contribution in [-0.4, -0.2) is 21.5 Å². The molecule has 2 aromatic carbocycles. The number of methoxy groups -OCH3 is 1. The molecular weight excluding hydrogens is 361 g/mol. The molecule has 0 aromatic heterocycles. The number of esters is 1. The number of halogens is 2. The molecule has 0 saturated carbocycles. The minimum absolute atomic E-state index is 0.00815. The summed E-state index contributed by atoms with van der Waals surface area (Å²) in [5.74, 6) is -1.48. The van der Waals surface area contributed by atoms with Crippen LogP contribution in [0.5, 0.6) is 5.75 Å². The van der Waals surface area contributed by atoms with Gasteiger partial charge in [0.15, 0.2) is 0 Å². The maximum absolute atomic E-state index is 13.6.